The maximum Gasteiger partial charge on any atom is 0.159 e. The number of nitrogens with zero attached hydrogens (tertiary/aromatic N) is 1. The standard InChI is InChI=1S/C42H23NO4/c1-4-18-33-24(10-1)27-13-7-16-31(40(27)45-33)43(32-17-8-14-28-25-11-2-5-19-34(25)46-41(28)32)30-15-9-21-36-38(30)39-37(44-36)23-22-29-26-12-3-6-20-35(26)47-42(29)39/h1-23H. The number of benzene rings is 7. The Morgan fingerprint density at radius 1 is 0.277 bits per heavy atom. The molecule has 0 saturated carbocycles. The van der Waals surface area contributed by atoms with Crippen LogP contribution in [0.3, 0.4) is 0 Å². The van der Waals surface area contributed by atoms with Gasteiger partial charge in [-0.05, 0) is 54.6 Å². The average molecular weight is 606 g/mol. The van der Waals surface area contributed by atoms with Crippen LogP contribution in [0.25, 0.3) is 87.8 Å². The zero-order valence-corrected chi connectivity index (χ0v) is 24.9. The van der Waals surface area contributed by atoms with Gasteiger partial charge in [-0.2, -0.15) is 0 Å². The van der Waals surface area contributed by atoms with Crippen LogP contribution < -0.4 is 4.90 Å². The second kappa shape index (κ2) is 9.05. The third kappa shape index (κ3) is 3.32. The molecule has 0 atom stereocenters. The minimum absolute atomic E-state index is 0.767. The van der Waals surface area contributed by atoms with E-state index in [0.29, 0.717) is 0 Å². The average Bonchev–Trinajstić information content (AvgIpc) is 3.88. The number of fused-ring (bicyclic) bond motifs is 13. The van der Waals surface area contributed by atoms with Gasteiger partial charge in [0.2, 0.25) is 0 Å². The number of para-hydroxylation sites is 5. The summed E-state index contributed by atoms with van der Waals surface area (Å²) in [5.41, 5.74) is 9.16. The molecule has 11 aromatic rings. The first kappa shape index (κ1) is 24.8. The Morgan fingerprint density at radius 3 is 1.30 bits per heavy atom. The fourth-order valence-corrected chi connectivity index (χ4v) is 7.46. The Balaban J connectivity index is 1.31. The van der Waals surface area contributed by atoms with Crippen molar-refractivity contribution in [3.63, 3.8) is 0 Å². The van der Waals surface area contributed by atoms with E-state index in [1.807, 2.05) is 72.8 Å². The molecule has 5 heteroatoms. The van der Waals surface area contributed by atoms with Gasteiger partial charge in [-0.3, -0.25) is 0 Å². The minimum atomic E-state index is 0.767. The summed E-state index contributed by atoms with van der Waals surface area (Å²) >= 11 is 0. The lowest BCUT2D eigenvalue weighted by atomic mass is 10.0. The van der Waals surface area contributed by atoms with Gasteiger partial charge in [0.05, 0.1) is 27.8 Å². The Labute approximate surface area is 266 Å². The van der Waals surface area contributed by atoms with Gasteiger partial charge in [0.1, 0.15) is 33.5 Å². The summed E-state index contributed by atoms with van der Waals surface area (Å²) < 4.78 is 26.5. The summed E-state index contributed by atoms with van der Waals surface area (Å²) in [6.07, 6.45) is 0. The molecule has 0 aliphatic heterocycles. The summed E-state index contributed by atoms with van der Waals surface area (Å²) in [6, 6.07) is 47.5. The molecule has 0 amide bonds. The first-order valence-corrected chi connectivity index (χ1v) is 15.7. The Kier molecular flexibility index (Phi) is 4.78. The van der Waals surface area contributed by atoms with Crippen molar-refractivity contribution in [1.29, 1.82) is 0 Å². The number of hydrogen-bond acceptors (Lipinski definition) is 5. The normalized spacial score (nSPS) is 12.3. The topological polar surface area (TPSA) is 55.8 Å². The van der Waals surface area contributed by atoms with Crippen molar-refractivity contribution in [3.8, 4) is 0 Å². The van der Waals surface area contributed by atoms with E-state index in [1.165, 1.54) is 0 Å². The third-order valence-electron chi connectivity index (χ3n) is 9.47. The lowest BCUT2D eigenvalue weighted by Crippen LogP contribution is -2.11. The van der Waals surface area contributed by atoms with Crippen LogP contribution in [0.2, 0.25) is 0 Å². The van der Waals surface area contributed by atoms with E-state index in [1.54, 1.807) is 0 Å². The molecule has 0 bridgehead atoms. The van der Waals surface area contributed by atoms with Crippen molar-refractivity contribution in [1.82, 2.24) is 0 Å². The lowest BCUT2D eigenvalue weighted by Gasteiger charge is -2.26. The van der Waals surface area contributed by atoms with Crippen LogP contribution in [0, 0.1) is 0 Å². The van der Waals surface area contributed by atoms with E-state index in [-0.39, 0.29) is 0 Å². The van der Waals surface area contributed by atoms with E-state index in [9.17, 15) is 0 Å². The summed E-state index contributed by atoms with van der Waals surface area (Å²) in [5, 5.41) is 8.25. The molecule has 220 valence electrons. The van der Waals surface area contributed by atoms with Gasteiger partial charge in [0.15, 0.2) is 11.2 Å². The van der Waals surface area contributed by atoms with Crippen LogP contribution in [-0.2, 0) is 0 Å². The van der Waals surface area contributed by atoms with E-state index >= 15 is 0 Å². The smallest absolute Gasteiger partial charge is 0.159 e. The summed E-state index contributed by atoms with van der Waals surface area (Å²) in [7, 11) is 0. The van der Waals surface area contributed by atoms with Crippen LogP contribution in [0.5, 0.6) is 0 Å². The molecule has 0 aliphatic rings. The van der Waals surface area contributed by atoms with Crippen LogP contribution in [0.15, 0.2) is 157 Å². The van der Waals surface area contributed by atoms with Crippen molar-refractivity contribution < 1.29 is 17.7 Å². The zero-order chi connectivity index (χ0) is 30.6. The molecule has 47 heavy (non-hydrogen) atoms. The molecule has 4 aromatic heterocycles. The Hall–Kier alpha value is -6.46. The Morgan fingerprint density at radius 2 is 0.702 bits per heavy atom. The predicted molar refractivity (Wildman–Crippen MR) is 190 cm³/mol. The largest absolute Gasteiger partial charge is 0.456 e. The molecule has 0 fully saturated rings. The van der Waals surface area contributed by atoms with Crippen molar-refractivity contribution in [2.45, 2.75) is 0 Å². The predicted octanol–water partition coefficient (Wildman–Crippen LogP) is 12.8. The first-order valence-electron chi connectivity index (χ1n) is 15.7. The monoisotopic (exact) mass is 605 g/mol. The van der Waals surface area contributed by atoms with Crippen molar-refractivity contribution in [2.24, 2.45) is 0 Å². The van der Waals surface area contributed by atoms with E-state index in [4.69, 9.17) is 17.7 Å². The summed E-state index contributed by atoms with van der Waals surface area (Å²) in [6.45, 7) is 0. The molecule has 0 radical (unpaired) electrons. The van der Waals surface area contributed by atoms with Gasteiger partial charge < -0.3 is 22.6 Å². The number of rotatable bonds is 3. The molecule has 0 unspecified atom stereocenters. The second-order valence-corrected chi connectivity index (χ2v) is 12.0. The minimum Gasteiger partial charge on any atom is -0.456 e. The lowest BCUT2D eigenvalue weighted by molar-refractivity contribution is 0.662. The number of hydrogen-bond donors (Lipinski definition) is 0. The molecule has 0 spiro atoms. The molecular weight excluding hydrogens is 582 g/mol. The van der Waals surface area contributed by atoms with E-state index in [2.05, 4.69) is 71.6 Å². The summed E-state index contributed by atoms with van der Waals surface area (Å²) in [4.78, 5) is 2.26. The molecule has 0 saturated heterocycles. The first-order chi connectivity index (χ1) is 23.3. The number of anilines is 3. The van der Waals surface area contributed by atoms with Crippen LogP contribution >= 0.6 is 0 Å². The number of furan rings is 4. The highest BCUT2D eigenvalue weighted by atomic mass is 16.3. The molecule has 0 N–H and O–H groups in total. The van der Waals surface area contributed by atoms with Crippen LogP contribution in [0.1, 0.15) is 0 Å². The SMILES string of the molecule is c1ccc2c(c1)oc1c(N(c3cccc4c3oc3ccccc34)c3cccc4oc5ccc6c7ccccc7oc6c5c34)cccc12. The molecule has 7 aromatic carbocycles. The molecule has 11 rings (SSSR count). The molecule has 4 heterocycles. The Bertz CT molecular complexity index is 2930. The molecule has 5 nitrogen and oxygen atoms in total. The fourth-order valence-electron chi connectivity index (χ4n) is 7.46. The van der Waals surface area contributed by atoms with E-state index in [0.717, 1.165) is 105 Å². The molecule has 0 aliphatic carbocycles. The van der Waals surface area contributed by atoms with Gasteiger partial charge in [-0.1, -0.05) is 84.9 Å². The fraction of sp³-hybridized carbons (Fsp3) is 0. The quantitative estimate of drug-likeness (QED) is 0.201. The van der Waals surface area contributed by atoms with E-state index < -0.39 is 0 Å². The van der Waals surface area contributed by atoms with Crippen LogP contribution in [-0.4, -0.2) is 0 Å². The van der Waals surface area contributed by atoms with Crippen molar-refractivity contribution in [3.05, 3.63) is 140 Å². The van der Waals surface area contributed by atoms with Crippen molar-refractivity contribution in [2.75, 3.05) is 4.90 Å². The highest BCUT2D eigenvalue weighted by molar-refractivity contribution is 6.26. The maximum atomic E-state index is 6.66. The van der Waals surface area contributed by atoms with Crippen LogP contribution in [0.4, 0.5) is 17.1 Å². The van der Waals surface area contributed by atoms with Gasteiger partial charge in [0.25, 0.3) is 0 Å². The zero-order valence-electron chi connectivity index (χ0n) is 24.9. The van der Waals surface area contributed by atoms with Gasteiger partial charge in [-0.25, -0.2) is 0 Å². The van der Waals surface area contributed by atoms with Gasteiger partial charge in [-0.15, -0.1) is 0 Å². The highest BCUT2D eigenvalue weighted by Crippen LogP contribution is 2.50. The van der Waals surface area contributed by atoms with Gasteiger partial charge >= 0.3 is 0 Å². The van der Waals surface area contributed by atoms with Crippen molar-refractivity contribution >= 4 is 105 Å². The summed E-state index contributed by atoms with van der Waals surface area (Å²) in [5.74, 6) is 0. The van der Waals surface area contributed by atoms with Gasteiger partial charge in [0, 0.05) is 32.3 Å². The molecular formula is C42H23NO4. The highest BCUT2D eigenvalue weighted by Gasteiger charge is 2.27. The maximum absolute atomic E-state index is 6.66. The second-order valence-electron chi connectivity index (χ2n) is 12.0. The third-order valence-corrected chi connectivity index (χ3v) is 9.47.